The van der Waals surface area contributed by atoms with Crippen molar-refractivity contribution in [2.45, 2.75) is 18.7 Å². The first kappa shape index (κ1) is 22.6. The van der Waals surface area contributed by atoms with E-state index in [-0.39, 0.29) is 4.90 Å². The Balaban J connectivity index is 1.48. The molecule has 9 heteroatoms. The Labute approximate surface area is 193 Å². The highest BCUT2D eigenvalue weighted by molar-refractivity contribution is 7.89. The number of hydrogen-bond acceptors (Lipinski definition) is 7. The monoisotopic (exact) mass is 473 g/mol. The van der Waals surface area contributed by atoms with Gasteiger partial charge in [-0.3, -0.25) is 0 Å². The van der Waals surface area contributed by atoms with Crippen LogP contribution in [0.1, 0.15) is 11.1 Å². The van der Waals surface area contributed by atoms with Crippen molar-refractivity contribution in [3.05, 3.63) is 52.9 Å². The third-order valence-electron chi connectivity index (χ3n) is 5.73. The molecule has 2 aromatic carbocycles. The highest BCUT2D eigenvalue weighted by Gasteiger charge is 2.30. The number of ether oxygens (including phenoxy) is 2. The fourth-order valence-corrected chi connectivity index (χ4v) is 6.30. The number of hydrogen-bond donors (Lipinski definition) is 0. The predicted octanol–water partition coefficient (Wildman–Crippen LogP) is 3.96. The predicted molar refractivity (Wildman–Crippen MR) is 128 cm³/mol. The van der Waals surface area contributed by atoms with Gasteiger partial charge in [0, 0.05) is 43.2 Å². The number of thiazole rings is 1. The van der Waals surface area contributed by atoms with Crippen molar-refractivity contribution in [3.63, 3.8) is 0 Å². The Morgan fingerprint density at radius 2 is 1.59 bits per heavy atom. The van der Waals surface area contributed by atoms with Gasteiger partial charge < -0.3 is 14.4 Å². The Hall–Kier alpha value is -2.62. The van der Waals surface area contributed by atoms with Crippen LogP contribution < -0.4 is 14.4 Å². The molecule has 3 aromatic rings. The molecular formula is C23H27N3O4S2. The summed E-state index contributed by atoms with van der Waals surface area (Å²) < 4.78 is 38.3. The van der Waals surface area contributed by atoms with E-state index < -0.39 is 10.0 Å². The van der Waals surface area contributed by atoms with Crippen LogP contribution in [0.2, 0.25) is 0 Å². The summed E-state index contributed by atoms with van der Waals surface area (Å²) in [7, 11) is -0.603. The summed E-state index contributed by atoms with van der Waals surface area (Å²) >= 11 is 1.60. The van der Waals surface area contributed by atoms with Gasteiger partial charge in [-0.05, 0) is 37.1 Å². The van der Waals surface area contributed by atoms with Gasteiger partial charge in [0.1, 0.15) is 0 Å². The second kappa shape index (κ2) is 9.09. The highest BCUT2D eigenvalue weighted by atomic mass is 32.2. The smallest absolute Gasteiger partial charge is 0.243 e. The number of aromatic nitrogens is 1. The van der Waals surface area contributed by atoms with E-state index in [0.29, 0.717) is 37.7 Å². The number of sulfonamides is 1. The highest BCUT2D eigenvalue weighted by Crippen LogP contribution is 2.33. The molecule has 0 bridgehead atoms. The lowest BCUT2D eigenvalue weighted by Gasteiger charge is -2.33. The summed E-state index contributed by atoms with van der Waals surface area (Å²) in [6, 6.07) is 10.9. The third kappa shape index (κ3) is 4.20. The molecule has 2 heterocycles. The van der Waals surface area contributed by atoms with E-state index in [1.54, 1.807) is 23.5 Å². The fourth-order valence-electron chi connectivity index (χ4n) is 3.99. The van der Waals surface area contributed by atoms with E-state index in [1.165, 1.54) is 41.3 Å². The lowest BCUT2D eigenvalue weighted by atomic mass is 10.0. The molecule has 0 radical (unpaired) electrons. The molecule has 0 N–H and O–H groups in total. The number of anilines is 1. The first-order valence-corrected chi connectivity index (χ1v) is 12.7. The largest absolute Gasteiger partial charge is 0.493 e. The standard InChI is InChI=1S/C23H27N3O4S2/c1-16-6-5-7-17(2)22(16)19-15-31-23(24-19)25-10-12-26(13-11-25)32(27,28)18-8-9-20(29-3)21(14-18)30-4/h5-9,14-15H,10-13H2,1-4H3. The topological polar surface area (TPSA) is 72.0 Å². The van der Waals surface area contributed by atoms with Crippen LogP contribution in [-0.2, 0) is 10.0 Å². The van der Waals surface area contributed by atoms with E-state index >= 15 is 0 Å². The molecule has 1 saturated heterocycles. The van der Waals surface area contributed by atoms with Crippen molar-refractivity contribution in [2.75, 3.05) is 45.3 Å². The summed E-state index contributed by atoms with van der Waals surface area (Å²) in [5.41, 5.74) is 4.55. The molecule has 1 fully saturated rings. The van der Waals surface area contributed by atoms with Crippen LogP contribution in [0.5, 0.6) is 11.5 Å². The Bertz CT molecular complexity index is 1200. The van der Waals surface area contributed by atoms with Crippen molar-refractivity contribution in [3.8, 4) is 22.8 Å². The van der Waals surface area contributed by atoms with Crippen LogP contribution in [0.3, 0.4) is 0 Å². The third-order valence-corrected chi connectivity index (χ3v) is 8.53. The van der Waals surface area contributed by atoms with Gasteiger partial charge in [-0.1, -0.05) is 18.2 Å². The maximum Gasteiger partial charge on any atom is 0.243 e. The van der Waals surface area contributed by atoms with Crippen molar-refractivity contribution in [1.29, 1.82) is 0 Å². The number of piperazine rings is 1. The number of methoxy groups -OCH3 is 2. The fraction of sp³-hybridized carbons (Fsp3) is 0.348. The molecule has 0 amide bonds. The molecule has 0 spiro atoms. The molecule has 7 nitrogen and oxygen atoms in total. The number of aryl methyl sites for hydroxylation is 2. The summed E-state index contributed by atoms with van der Waals surface area (Å²) in [5.74, 6) is 0.897. The van der Waals surface area contributed by atoms with Crippen molar-refractivity contribution in [2.24, 2.45) is 0 Å². The van der Waals surface area contributed by atoms with Gasteiger partial charge in [-0.25, -0.2) is 13.4 Å². The minimum Gasteiger partial charge on any atom is -0.493 e. The summed E-state index contributed by atoms with van der Waals surface area (Å²) in [4.78, 5) is 7.22. The van der Waals surface area contributed by atoms with Gasteiger partial charge >= 0.3 is 0 Å². The molecule has 1 aliphatic rings. The lowest BCUT2D eigenvalue weighted by Crippen LogP contribution is -2.48. The van der Waals surface area contributed by atoms with Crippen LogP contribution in [-0.4, -0.2) is 58.1 Å². The van der Waals surface area contributed by atoms with E-state index in [2.05, 4.69) is 42.3 Å². The average molecular weight is 474 g/mol. The molecule has 4 rings (SSSR count). The molecule has 0 unspecified atom stereocenters. The number of nitrogens with zero attached hydrogens (tertiary/aromatic N) is 3. The quantitative estimate of drug-likeness (QED) is 0.540. The molecule has 1 aromatic heterocycles. The minimum absolute atomic E-state index is 0.204. The van der Waals surface area contributed by atoms with Crippen molar-refractivity contribution >= 4 is 26.5 Å². The van der Waals surface area contributed by atoms with E-state index in [1.807, 2.05) is 0 Å². The molecule has 32 heavy (non-hydrogen) atoms. The van der Waals surface area contributed by atoms with E-state index in [9.17, 15) is 8.42 Å². The summed E-state index contributed by atoms with van der Waals surface area (Å²) in [6.07, 6.45) is 0. The number of benzene rings is 2. The zero-order valence-corrected chi connectivity index (χ0v) is 20.3. The van der Waals surface area contributed by atoms with Gasteiger partial charge in [-0.2, -0.15) is 4.31 Å². The molecule has 170 valence electrons. The lowest BCUT2D eigenvalue weighted by molar-refractivity contribution is 0.353. The van der Waals surface area contributed by atoms with Gasteiger partial charge in [0.25, 0.3) is 0 Å². The van der Waals surface area contributed by atoms with Crippen LogP contribution in [0.4, 0.5) is 5.13 Å². The molecule has 0 atom stereocenters. The van der Waals surface area contributed by atoms with Crippen LogP contribution >= 0.6 is 11.3 Å². The Kier molecular flexibility index (Phi) is 6.41. The summed E-state index contributed by atoms with van der Waals surface area (Å²) in [5, 5.41) is 3.00. The van der Waals surface area contributed by atoms with Gasteiger partial charge in [0.2, 0.25) is 10.0 Å². The van der Waals surface area contributed by atoms with Gasteiger partial charge in [-0.15, -0.1) is 11.3 Å². The molecular weight excluding hydrogens is 446 g/mol. The second-order valence-corrected chi connectivity index (χ2v) is 10.5. The summed E-state index contributed by atoms with van der Waals surface area (Å²) in [6.45, 7) is 6.17. The van der Waals surface area contributed by atoms with Crippen molar-refractivity contribution < 1.29 is 17.9 Å². The zero-order valence-electron chi connectivity index (χ0n) is 18.7. The van der Waals surface area contributed by atoms with Crippen LogP contribution in [0.25, 0.3) is 11.3 Å². The van der Waals surface area contributed by atoms with Crippen molar-refractivity contribution in [1.82, 2.24) is 9.29 Å². The number of rotatable bonds is 6. The zero-order chi connectivity index (χ0) is 22.9. The maximum atomic E-state index is 13.2. The first-order chi connectivity index (χ1) is 15.3. The van der Waals surface area contributed by atoms with E-state index in [4.69, 9.17) is 14.5 Å². The Morgan fingerprint density at radius 3 is 2.22 bits per heavy atom. The molecule has 0 aliphatic carbocycles. The van der Waals surface area contributed by atoms with Crippen LogP contribution in [0, 0.1) is 13.8 Å². The first-order valence-electron chi connectivity index (χ1n) is 10.3. The van der Waals surface area contributed by atoms with E-state index in [0.717, 1.165) is 10.8 Å². The second-order valence-electron chi connectivity index (χ2n) is 7.69. The minimum atomic E-state index is -3.62. The molecule has 1 aliphatic heterocycles. The SMILES string of the molecule is COc1ccc(S(=O)(=O)N2CCN(c3nc(-c4c(C)cccc4C)cs3)CC2)cc1OC. The Morgan fingerprint density at radius 1 is 0.938 bits per heavy atom. The van der Waals surface area contributed by atoms with Gasteiger partial charge in [0.05, 0.1) is 24.8 Å². The van der Waals surface area contributed by atoms with Crippen LogP contribution in [0.15, 0.2) is 46.7 Å². The normalized spacial score (nSPS) is 15.1. The average Bonchev–Trinajstić information content (AvgIpc) is 3.28. The molecule has 0 saturated carbocycles. The van der Waals surface area contributed by atoms with Gasteiger partial charge in [0.15, 0.2) is 16.6 Å². The maximum absolute atomic E-state index is 13.2.